The molecule has 0 amide bonds. The van der Waals surface area contributed by atoms with Gasteiger partial charge in [-0.3, -0.25) is 0 Å². The van der Waals surface area contributed by atoms with Gasteiger partial charge < -0.3 is 15.2 Å². The molecule has 0 atom stereocenters. The molecule has 0 spiro atoms. The first-order valence-corrected chi connectivity index (χ1v) is 4.51. The van der Waals surface area contributed by atoms with E-state index in [1.807, 2.05) is 0 Å². The number of rotatable bonds is 4. The van der Waals surface area contributed by atoms with Gasteiger partial charge in [-0.1, -0.05) is 12.2 Å². The molecule has 4 heteroatoms. The zero-order valence-corrected chi connectivity index (χ0v) is 8.79. The Kier molecular flexibility index (Phi) is 4.12. The molecule has 0 saturated carbocycles. The average molecular weight is 211 g/mol. The lowest BCUT2D eigenvalue weighted by molar-refractivity contribution is 0.352. The largest absolute Gasteiger partial charge is 0.493 e. The third kappa shape index (κ3) is 2.70. The molecule has 0 radical (unpaired) electrons. The molecule has 2 N–H and O–H groups in total. The molecule has 0 saturated heterocycles. The first-order valence-electron chi connectivity index (χ1n) is 4.51. The van der Waals surface area contributed by atoms with E-state index in [1.165, 1.54) is 20.3 Å². The summed E-state index contributed by atoms with van der Waals surface area (Å²) in [6, 6.07) is 2.86. The van der Waals surface area contributed by atoms with E-state index in [0.717, 1.165) is 0 Å². The minimum Gasteiger partial charge on any atom is -0.493 e. The molecule has 0 heterocycles. The van der Waals surface area contributed by atoms with Crippen molar-refractivity contribution < 1.29 is 13.9 Å². The summed E-state index contributed by atoms with van der Waals surface area (Å²) in [6.07, 6.45) is 3.28. The Morgan fingerprint density at radius 3 is 2.40 bits per heavy atom. The Labute approximate surface area is 88.3 Å². The number of benzene rings is 1. The van der Waals surface area contributed by atoms with Gasteiger partial charge in [-0.25, -0.2) is 4.39 Å². The summed E-state index contributed by atoms with van der Waals surface area (Å²) < 4.78 is 23.5. The van der Waals surface area contributed by atoms with Crippen LogP contribution in [-0.2, 0) is 0 Å². The van der Waals surface area contributed by atoms with Crippen molar-refractivity contribution in [1.29, 1.82) is 0 Å². The van der Waals surface area contributed by atoms with Crippen LogP contribution in [0.25, 0.3) is 6.08 Å². The second-order valence-corrected chi connectivity index (χ2v) is 2.87. The molecule has 0 aliphatic heterocycles. The Morgan fingerprint density at radius 2 is 1.87 bits per heavy atom. The van der Waals surface area contributed by atoms with Gasteiger partial charge in [0, 0.05) is 18.2 Å². The molecule has 0 fully saturated rings. The molecule has 0 bridgehead atoms. The zero-order chi connectivity index (χ0) is 11.3. The maximum atomic E-state index is 13.4. The number of nitrogens with two attached hydrogens (primary N) is 1. The first-order chi connectivity index (χ1) is 7.22. The van der Waals surface area contributed by atoms with E-state index in [-0.39, 0.29) is 5.82 Å². The second kappa shape index (κ2) is 5.36. The van der Waals surface area contributed by atoms with Gasteiger partial charge in [0.15, 0.2) is 11.5 Å². The predicted molar refractivity (Wildman–Crippen MR) is 57.6 cm³/mol. The lowest BCUT2D eigenvalue weighted by atomic mass is 10.1. The molecule has 1 rings (SSSR count). The van der Waals surface area contributed by atoms with Gasteiger partial charge in [-0.2, -0.15) is 0 Å². The van der Waals surface area contributed by atoms with Gasteiger partial charge >= 0.3 is 0 Å². The highest BCUT2D eigenvalue weighted by atomic mass is 19.1. The van der Waals surface area contributed by atoms with E-state index in [0.29, 0.717) is 23.6 Å². The minimum atomic E-state index is -0.364. The smallest absolute Gasteiger partial charge is 0.163 e. The van der Waals surface area contributed by atoms with Crippen molar-refractivity contribution in [2.75, 3.05) is 20.8 Å². The monoisotopic (exact) mass is 211 g/mol. The van der Waals surface area contributed by atoms with Gasteiger partial charge in [0.2, 0.25) is 0 Å². The summed E-state index contributed by atoms with van der Waals surface area (Å²) in [5.74, 6) is 0.507. The summed E-state index contributed by atoms with van der Waals surface area (Å²) in [4.78, 5) is 0. The molecular formula is C11H14FNO2. The van der Waals surface area contributed by atoms with E-state index >= 15 is 0 Å². The van der Waals surface area contributed by atoms with Crippen LogP contribution in [0.5, 0.6) is 11.5 Å². The van der Waals surface area contributed by atoms with Gasteiger partial charge in [0.05, 0.1) is 14.2 Å². The molecule has 1 aromatic rings. The number of ether oxygens (including phenoxy) is 2. The summed E-state index contributed by atoms with van der Waals surface area (Å²) in [6.45, 7) is 0.369. The van der Waals surface area contributed by atoms with Crippen LogP contribution in [0.3, 0.4) is 0 Å². The SMILES string of the molecule is COc1cc(F)c(C=CCN)cc1OC. The quantitative estimate of drug-likeness (QED) is 0.826. The topological polar surface area (TPSA) is 44.5 Å². The Hall–Kier alpha value is -1.55. The Morgan fingerprint density at radius 1 is 1.27 bits per heavy atom. The minimum absolute atomic E-state index is 0.364. The van der Waals surface area contributed by atoms with Crippen molar-refractivity contribution in [3.63, 3.8) is 0 Å². The maximum absolute atomic E-state index is 13.4. The molecule has 15 heavy (non-hydrogen) atoms. The lowest BCUT2D eigenvalue weighted by Gasteiger charge is -2.08. The highest BCUT2D eigenvalue weighted by Crippen LogP contribution is 2.30. The van der Waals surface area contributed by atoms with Crippen molar-refractivity contribution in [3.05, 3.63) is 29.6 Å². The molecule has 3 nitrogen and oxygen atoms in total. The van der Waals surface area contributed by atoms with Gasteiger partial charge in [0.1, 0.15) is 5.82 Å². The molecule has 1 aromatic carbocycles. The number of methoxy groups -OCH3 is 2. The van der Waals surface area contributed by atoms with Crippen LogP contribution in [-0.4, -0.2) is 20.8 Å². The van der Waals surface area contributed by atoms with E-state index in [1.54, 1.807) is 18.2 Å². The van der Waals surface area contributed by atoms with Crippen molar-refractivity contribution in [2.24, 2.45) is 5.73 Å². The zero-order valence-electron chi connectivity index (χ0n) is 8.79. The van der Waals surface area contributed by atoms with Crippen LogP contribution in [0.15, 0.2) is 18.2 Å². The van der Waals surface area contributed by atoms with Crippen molar-refractivity contribution in [1.82, 2.24) is 0 Å². The molecule has 0 unspecified atom stereocenters. The van der Waals surface area contributed by atoms with Crippen LogP contribution in [0.4, 0.5) is 4.39 Å². The fourth-order valence-corrected chi connectivity index (χ4v) is 1.19. The fourth-order valence-electron chi connectivity index (χ4n) is 1.19. The summed E-state index contributed by atoms with van der Waals surface area (Å²) >= 11 is 0. The normalized spacial score (nSPS) is 10.7. The first kappa shape index (κ1) is 11.5. The Bertz CT molecular complexity index is 364. The molecular weight excluding hydrogens is 197 g/mol. The van der Waals surface area contributed by atoms with Crippen LogP contribution in [0.2, 0.25) is 0 Å². The van der Waals surface area contributed by atoms with E-state index in [9.17, 15) is 4.39 Å². The Balaban J connectivity index is 3.13. The predicted octanol–water partition coefficient (Wildman–Crippen LogP) is 1.81. The van der Waals surface area contributed by atoms with Crippen molar-refractivity contribution in [2.45, 2.75) is 0 Å². The summed E-state index contributed by atoms with van der Waals surface area (Å²) in [5, 5.41) is 0. The average Bonchev–Trinajstić information content (AvgIpc) is 2.27. The van der Waals surface area contributed by atoms with Crippen LogP contribution in [0, 0.1) is 5.82 Å². The standard InChI is InChI=1S/C11H14FNO2/c1-14-10-6-8(4-3-5-13)9(12)7-11(10)15-2/h3-4,6-7H,5,13H2,1-2H3. The van der Waals surface area contributed by atoms with Gasteiger partial charge in [-0.05, 0) is 6.07 Å². The third-order valence-electron chi connectivity index (χ3n) is 1.94. The van der Waals surface area contributed by atoms with E-state index < -0.39 is 0 Å². The number of hydrogen-bond donors (Lipinski definition) is 1. The summed E-state index contributed by atoms with van der Waals surface area (Å²) in [7, 11) is 2.97. The van der Waals surface area contributed by atoms with Crippen LogP contribution < -0.4 is 15.2 Å². The molecule has 82 valence electrons. The highest BCUT2D eigenvalue weighted by molar-refractivity contribution is 5.56. The lowest BCUT2D eigenvalue weighted by Crippen LogP contribution is -1.95. The number of hydrogen-bond acceptors (Lipinski definition) is 3. The van der Waals surface area contributed by atoms with Crippen LogP contribution in [0.1, 0.15) is 5.56 Å². The van der Waals surface area contributed by atoms with E-state index in [2.05, 4.69) is 0 Å². The van der Waals surface area contributed by atoms with Gasteiger partial charge in [0.25, 0.3) is 0 Å². The molecule has 0 aliphatic rings. The third-order valence-corrected chi connectivity index (χ3v) is 1.94. The van der Waals surface area contributed by atoms with Crippen molar-refractivity contribution in [3.8, 4) is 11.5 Å². The van der Waals surface area contributed by atoms with Crippen LogP contribution >= 0.6 is 0 Å². The van der Waals surface area contributed by atoms with Gasteiger partial charge in [-0.15, -0.1) is 0 Å². The maximum Gasteiger partial charge on any atom is 0.163 e. The fraction of sp³-hybridized carbons (Fsp3) is 0.273. The molecule has 0 aliphatic carbocycles. The van der Waals surface area contributed by atoms with Crippen molar-refractivity contribution >= 4 is 6.08 Å². The summed E-state index contributed by atoms with van der Waals surface area (Å²) in [5.41, 5.74) is 5.72. The number of halogens is 1. The van der Waals surface area contributed by atoms with E-state index in [4.69, 9.17) is 15.2 Å². The highest BCUT2D eigenvalue weighted by Gasteiger charge is 2.08. The molecule has 0 aromatic heterocycles. The second-order valence-electron chi connectivity index (χ2n) is 2.87.